The molecule has 1 aromatic heterocycles. The van der Waals surface area contributed by atoms with Crippen molar-refractivity contribution in [1.82, 2.24) is 14.8 Å². The Labute approximate surface area is 161 Å². The van der Waals surface area contributed by atoms with E-state index in [-0.39, 0.29) is 5.91 Å². The smallest absolute Gasteiger partial charge is 0.221 e. The normalized spacial score (nSPS) is 23.1. The highest BCUT2D eigenvalue weighted by Gasteiger charge is 2.32. The summed E-state index contributed by atoms with van der Waals surface area (Å²) in [7, 11) is 1.69. The summed E-state index contributed by atoms with van der Waals surface area (Å²) < 4.78 is 7.61. The Kier molecular flexibility index (Phi) is 5.67. The van der Waals surface area contributed by atoms with Crippen molar-refractivity contribution in [3.05, 3.63) is 30.5 Å². The molecule has 2 atom stereocenters. The molecule has 1 aromatic carbocycles. The maximum atomic E-state index is 12.5. The molecule has 0 saturated carbocycles. The van der Waals surface area contributed by atoms with Gasteiger partial charge in [0.2, 0.25) is 5.91 Å². The molecule has 2 saturated heterocycles. The zero-order chi connectivity index (χ0) is 18.6. The first kappa shape index (κ1) is 18.4. The van der Waals surface area contributed by atoms with Crippen molar-refractivity contribution in [1.29, 1.82) is 0 Å². The first-order chi connectivity index (χ1) is 13.3. The number of fused-ring (bicyclic) bond motifs is 2. The predicted molar refractivity (Wildman–Crippen MR) is 108 cm³/mol. The van der Waals surface area contributed by atoms with E-state index in [0.29, 0.717) is 24.9 Å². The minimum atomic E-state index is 0.152. The lowest BCUT2D eigenvalue weighted by atomic mass is 9.83. The molecule has 0 spiro atoms. The summed E-state index contributed by atoms with van der Waals surface area (Å²) in [4.78, 5) is 15.1. The van der Waals surface area contributed by atoms with E-state index in [1.807, 2.05) is 18.3 Å². The number of ether oxygens (including phenoxy) is 1. The molecule has 2 aliphatic heterocycles. The van der Waals surface area contributed by atoms with E-state index in [9.17, 15) is 4.79 Å². The largest absolute Gasteiger partial charge is 0.495 e. The van der Waals surface area contributed by atoms with Gasteiger partial charge in [-0.15, -0.1) is 0 Å². The molecule has 3 heterocycles. The van der Waals surface area contributed by atoms with Gasteiger partial charge in [0.25, 0.3) is 0 Å². The van der Waals surface area contributed by atoms with E-state index in [1.165, 1.54) is 45.2 Å². The van der Waals surface area contributed by atoms with Crippen molar-refractivity contribution in [2.75, 3.05) is 26.7 Å². The molecule has 0 bridgehead atoms. The van der Waals surface area contributed by atoms with Gasteiger partial charge in [-0.05, 0) is 56.8 Å². The van der Waals surface area contributed by atoms with Crippen molar-refractivity contribution in [2.24, 2.45) is 5.92 Å². The number of rotatable bonds is 6. The SMILES string of the molecule is COc1cccc2ccn(CCC(=O)NC[C@@H]3CCCN4CCCC[C@@H]34)c12. The van der Waals surface area contributed by atoms with Crippen LogP contribution in [0.1, 0.15) is 38.5 Å². The number of nitrogens with one attached hydrogen (secondary N) is 1. The summed E-state index contributed by atoms with van der Waals surface area (Å²) in [5.41, 5.74) is 1.07. The number of aryl methyl sites for hydroxylation is 1. The van der Waals surface area contributed by atoms with Gasteiger partial charge in [-0.1, -0.05) is 18.6 Å². The molecule has 146 valence electrons. The Balaban J connectivity index is 1.31. The molecular formula is C22H31N3O2. The number of carbonyl (C=O) groups excluding carboxylic acids is 1. The van der Waals surface area contributed by atoms with Gasteiger partial charge in [0.1, 0.15) is 5.75 Å². The van der Waals surface area contributed by atoms with Crippen LogP contribution in [-0.2, 0) is 11.3 Å². The highest BCUT2D eigenvalue weighted by atomic mass is 16.5. The minimum Gasteiger partial charge on any atom is -0.495 e. The molecule has 2 aromatic rings. The van der Waals surface area contributed by atoms with Crippen LogP contribution >= 0.6 is 0 Å². The predicted octanol–water partition coefficient (Wildman–Crippen LogP) is 3.42. The fourth-order valence-electron chi connectivity index (χ4n) is 4.95. The average Bonchev–Trinajstić information content (AvgIpc) is 3.14. The fraction of sp³-hybridized carbons (Fsp3) is 0.591. The number of methoxy groups -OCH3 is 1. The number of carbonyl (C=O) groups is 1. The monoisotopic (exact) mass is 369 g/mol. The first-order valence-electron chi connectivity index (χ1n) is 10.4. The summed E-state index contributed by atoms with van der Waals surface area (Å²) in [6, 6.07) is 8.81. The van der Waals surface area contributed by atoms with Gasteiger partial charge in [0.15, 0.2) is 0 Å². The minimum absolute atomic E-state index is 0.152. The summed E-state index contributed by atoms with van der Waals surface area (Å²) in [5, 5.41) is 4.36. The van der Waals surface area contributed by atoms with Crippen LogP contribution in [0.15, 0.2) is 30.5 Å². The molecule has 5 nitrogen and oxygen atoms in total. The summed E-state index contributed by atoms with van der Waals surface area (Å²) in [6.45, 7) is 4.00. The molecule has 2 fully saturated rings. The molecule has 0 aliphatic carbocycles. The van der Waals surface area contributed by atoms with Gasteiger partial charge in [-0.3, -0.25) is 4.79 Å². The lowest BCUT2D eigenvalue weighted by Crippen LogP contribution is -2.51. The highest BCUT2D eigenvalue weighted by molar-refractivity contribution is 5.86. The van der Waals surface area contributed by atoms with Crippen molar-refractivity contribution in [2.45, 2.75) is 51.1 Å². The van der Waals surface area contributed by atoms with Crippen molar-refractivity contribution >= 4 is 16.8 Å². The fourth-order valence-corrected chi connectivity index (χ4v) is 4.95. The molecule has 1 N–H and O–H groups in total. The Morgan fingerprint density at radius 1 is 1.19 bits per heavy atom. The number of para-hydroxylation sites is 1. The third-order valence-electron chi connectivity index (χ3n) is 6.34. The molecule has 27 heavy (non-hydrogen) atoms. The van der Waals surface area contributed by atoms with Gasteiger partial charge in [0.05, 0.1) is 12.6 Å². The number of hydrogen-bond donors (Lipinski definition) is 1. The van der Waals surface area contributed by atoms with Gasteiger partial charge in [-0.25, -0.2) is 0 Å². The number of aromatic nitrogens is 1. The van der Waals surface area contributed by atoms with Crippen LogP contribution in [0.2, 0.25) is 0 Å². The molecule has 5 heteroatoms. The lowest BCUT2D eigenvalue weighted by Gasteiger charge is -2.44. The average molecular weight is 370 g/mol. The van der Waals surface area contributed by atoms with Crippen molar-refractivity contribution in [3.8, 4) is 5.75 Å². The second kappa shape index (κ2) is 8.34. The van der Waals surface area contributed by atoms with Gasteiger partial charge in [-0.2, -0.15) is 0 Å². The van der Waals surface area contributed by atoms with Gasteiger partial charge in [0, 0.05) is 37.1 Å². The van der Waals surface area contributed by atoms with E-state index < -0.39 is 0 Å². The maximum absolute atomic E-state index is 12.5. The molecular weight excluding hydrogens is 338 g/mol. The number of benzene rings is 1. The van der Waals surface area contributed by atoms with E-state index >= 15 is 0 Å². The Morgan fingerprint density at radius 3 is 2.96 bits per heavy atom. The van der Waals surface area contributed by atoms with Crippen LogP contribution in [-0.4, -0.2) is 48.2 Å². The van der Waals surface area contributed by atoms with Crippen molar-refractivity contribution in [3.63, 3.8) is 0 Å². The molecule has 1 amide bonds. The highest BCUT2D eigenvalue weighted by Crippen LogP contribution is 2.30. The maximum Gasteiger partial charge on any atom is 0.221 e. The van der Waals surface area contributed by atoms with E-state index in [0.717, 1.165) is 23.2 Å². The second-order valence-electron chi connectivity index (χ2n) is 7.96. The van der Waals surface area contributed by atoms with Crippen LogP contribution in [0, 0.1) is 5.92 Å². The van der Waals surface area contributed by atoms with E-state index in [2.05, 4.69) is 26.9 Å². The standard InChI is InChI=1S/C22H31N3O2/c1-27-20-9-4-6-17-10-14-25(22(17)20)15-11-21(26)23-16-18-7-5-13-24-12-3-2-8-19(18)24/h4,6,9-10,14,18-19H,2-3,5,7-8,11-13,15-16H2,1H3,(H,23,26)/t18-,19-/m0/s1. The van der Waals surface area contributed by atoms with Crippen LogP contribution in [0.25, 0.3) is 10.9 Å². The zero-order valence-electron chi connectivity index (χ0n) is 16.3. The molecule has 0 radical (unpaired) electrons. The first-order valence-corrected chi connectivity index (χ1v) is 10.4. The van der Waals surface area contributed by atoms with Crippen molar-refractivity contribution < 1.29 is 9.53 Å². The third kappa shape index (κ3) is 3.98. The molecule has 2 aliphatic rings. The Hall–Kier alpha value is -2.01. The number of amides is 1. The van der Waals surface area contributed by atoms with Gasteiger partial charge >= 0.3 is 0 Å². The number of piperidine rings is 2. The summed E-state index contributed by atoms with van der Waals surface area (Å²) in [5.74, 6) is 1.63. The van der Waals surface area contributed by atoms with Gasteiger partial charge < -0.3 is 19.5 Å². The third-order valence-corrected chi connectivity index (χ3v) is 6.34. The summed E-state index contributed by atoms with van der Waals surface area (Å²) in [6.07, 6.45) is 9.05. The Morgan fingerprint density at radius 2 is 2.07 bits per heavy atom. The second-order valence-corrected chi connectivity index (χ2v) is 7.96. The number of hydrogen-bond acceptors (Lipinski definition) is 3. The molecule has 0 unspecified atom stereocenters. The van der Waals surface area contributed by atoms with Crippen LogP contribution in [0.4, 0.5) is 0 Å². The van der Waals surface area contributed by atoms with Crippen LogP contribution < -0.4 is 10.1 Å². The Bertz CT molecular complexity index is 783. The number of nitrogens with zero attached hydrogens (tertiary/aromatic N) is 2. The van der Waals surface area contributed by atoms with Crippen LogP contribution in [0.3, 0.4) is 0 Å². The van der Waals surface area contributed by atoms with E-state index in [1.54, 1.807) is 7.11 Å². The van der Waals surface area contributed by atoms with E-state index in [4.69, 9.17) is 4.74 Å². The molecule has 4 rings (SSSR count). The quantitative estimate of drug-likeness (QED) is 0.849. The van der Waals surface area contributed by atoms with Crippen LogP contribution in [0.5, 0.6) is 5.75 Å². The zero-order valence-corrected chi connectivity index (χ0v) is 16.3. The lowest BCUT2D eigenvalue weighted by molar-refractivity contribution is -0.121. The summed E-state index contributed by atoms with van der Waals surface area (Å²) >= 11 is 0. The topological polar surface area (TPSA) is 46.5 Å².